The van der Waals surface area contributed by atoms with Crippen LogP contribution in [0.25, 0.3) is 0 Å². The molecule has 2 rings (SSSR count). The molecule has 2 aromatic rings. The lowest BCUT2D eigenvalue weighted by Crippen LogP contribution is -2.45. The highest BCUT2D eigenvalue weighted by atomic mass is 16.5. The van der Waals surface area contributed by atoms with Gasteiger partial charge in [0.25, 0.3) is 0 Å². The number of rotatable bonds is 9. The van der Waals surface area contributed by atoms with Gasteiger partial charge in [0, 0.05) is 12.7 Å². The van der Waals surface area contributed by atoms with Gasteiger partial charge in [0.05, 0.1) is 32.0 Å². The summed E-state index contributed by atoms with van der Waals surface area (Å²) in [5, 5.41) is 6.41. The number of hydrogen-bond acceptors (Lipinski definition) is 5. The molecule has 0 fully saturated rings. The number of carbonyl (C=O) groups is 1. The Hall–Kier alpha value is -2.60. The third-order valence-corrected chi connectivity index (χ3v) is 4.75. The lowest BCUT2D eigenvalue weighted by molar-refractivity contribution is -0.123. The maximum Gasteiger partial charge on any atom is 0.237 e. The average Bonchev–Trinajstić information content (AvgIpc) is 2.70. The van der Waals surface area contributed by atoms with Crippen LogP contribution in [0.4, 0.5) is 0 Å². The molecule has 2 N–H and O–H groups in total. The van der Waals surface area contributed by atoms with Crippen molar-refractivity contribution in [1.29, 1.82) is 0 Å². The predicted molar refractivity (Wildman–Crippen MR) is 111 cm³/mol. The van der Waals surface area contributed by atoms with Gasteiger partial charge in [0.15, 0.2) is 11.5 Å². The van der Waals surface area contributed by atoms with Crippen LogP contribution in [0.3, 0.4) is 0 Å². The van der Waals surface area contributed by atoms with Crippen LogP contribution in [0.5, 0.6) is 11.5 Å². The predicted octanol–water partition coefficient (Wildman–Crippen LogP) is 3.40. The topological polar surface area (TPSA) is 72.5 Å². The zero-order valence-corrected chi connectivity index (χ0v) is 17.6. The third kappa shape index (κ3) is 5.45. The van der Waals surface area contributed by atoms with Crippen molar-refractivity contribution >= 4 is 5.91 Å². The Morgan fingerprint density at radius 1 is 1.11 bits per heavy atom. The van der Waals surface area contributed by atoms with E-state index in [0.29, 0.717) is 24.0 Å². The van der Waals surface area contributed by atoms with E-state index in [1.807, 2.05) is 44.2 Å². The van der Waals surface area contributed by atoms with Crippen molar-refractivity contribution in [2.75, 3.05) is 14.2 Å². The van der Waals surface area contributed by atoms with E-state index in [4.69, 9.17) is 9.47 Å². The van der Waals surface area contributed by atoms with Crippen LogP contribution in [-0.2, 0) is 11.3 Å². The minimum absolute atomic E-state index is 0.00281. The van der Waals surface area contributed by atoms with Crippen LogP contribution in [0.1, 0.15) is 43.6 Å². The maximum atomic E-state index is 12.6. The number of pyridine rings is 1. The van der Waals surface area contributed by atoms with E-state index >= 15 is 0 Å². The first-order valence-electron chi connectivity index (χ1n) is 9.53. The molecule has 152 valence electrons. The SMILES string of the molecule is COc1ccc(CNC(=O)C(C)NC(c2ncccc2C)C(C)C)cc1OC. The van der Waals surface area contributed by atoms with Crippen molar-refractivity contribution in [2.24, 2.45) is 5.92 Å². The number of amides is 1. The zero-order chi connectivity index (χ0) is 20.7. The summed E-state index contributed by atoms with van der Waals surface area (Å²) >= 11 is 0. The van der Waals surface area contributed by atoms with E-state index in [1.165, 1.54) is 0 Å². The fourth-order valence-electron chi connectivity index (χ4n) is 3.09. The molecular weight excluding hydrogens is 354 g/mol. The van der Waals surface area contributed by atoms with Gasteiger partial charge in [0.2, 0.25) is 5.91 Å². The first-order valence-corrected chi connectivity index (χ1v) is 9.53. The number of nitrogens with zero attached hydrogens (tertiary/aromatic N) is 1. The second kappa shape index (κ2) is 10.1. The van der Waals surface area contributed by atoms with Gasteiger partial charge < -0.3 is 14.8 Å². The smallest absolute Gasteiger partial charge is 0.237 e. The summed E-state index contributed by atoms with van der Waals surface area (Å²) in [5.74, 6) is 1.55. The number of hydrogen-bond donors (Lipinski definition) is 2. The number of nitrogens with one attached hydrogen (secondary N) is 2. The Morgan fingerprint density at radius 3 is 2.43 bits per heavy atom. The molecule has 1 amide bonds. The Bertz CT molecular complexity index is 792. The summed E-state index contributed by atoms with van der Waals surface area (Å²) in [4.78, 5) is 17.1. The number of aromatic nitrogens is 1. The van der Waals surface area contributed by atoms with E-state index in [0.717, 1.165) is 16.8 Å². The molecule has 0 aliphatic carbocycles. The second-order valence-corrected chi connectivity index (χ2v) is 7.22. The van der Waals surface area contributed by atoms with Gasteiger partial charge in [-0.25, -0.2) is 0 Å². The number of carbonyl (C=O) groups excluding carboxylic acids is 1. The molecule has 0 aliphatic heterocycles. The van der Waals surface area contributed by atoms with Crippen LogP contribution in [0.15, 0.2) is 36.5 Å². The van der Waals surface area contributed by atoms with Gasteiger partial charge in [-0.1, -0.05) is 26.0 Å². The molecule has 2 unspecified atom stereocenters. The van der Waals surface area contributed by atoms with E-state index < -0.39 is 0 Å². The first kappa shape index (κ1) is 21.7. The Morgan fingerprint density at radius 2 is 1.82 bits per heavy atom. The summed E-state index contributed by atoms with van der Waals surface area (Å²) in [5.41, 5.74) is 3.04. The van der Waals surface area contributed by atoms with E-state index in [1.54, 1.807) is 20.4 Å². The van der Waals surface area contributed by atoms with Crippen LogP contribution >= 0.6 is 0 Å². The minimum Gasteiger partial charge on any atom is -0.493 e. The van der Waals surface area contributed by atoms with E-state index in [9.17, 15) is 4.79 Å². The van der Waals surface area contributed by atoms with Gasteiger partial charge in [-0.3, -0.25) is 15.1 Å². The third-order valence-electron chi connectivity index (χ3n) is 4.75. The lowest BCUT2D eigenvalue weighted by atomic mass is 9.96. The Balaban J connectivity index is 2.01. The molecule has 1 aromatic carbocycles. The normalized spacial score (nSPS) is 13.1. The highest BCUT2D eigenvalue weighted by Crippen LogP contribution is 2.27. The average molecular weight is 386 g/mol. The molecule has 0 bridgehead atoms. The largest absolute Gasteiger partial charge is 0.493 e. The number of benzene rings is 1. The molecule has 6 nitrogen and oxygen atoms in total. The van der Waals surface area contributed by atoms with Crippen LogP contribution in [-0.4, -0.2) is 31.2 Å². The fraction of sp³-hybridized carbons (Fsp3) is 0.455. The molecule has 1 aromatic heterocycles. The van der Waals surface area contributed by atoms with Crippen LogP contribution < -0.4 is 20.1 Å². The Kier molecular flexibility index (Phi) is 7.81. The lowest BCUT2D eigenvalue weighted by Gasteiger charge is -2.26. The van der Waals surface area contributed by atoms with Crippen molar-refractivity contribution in [3.05, 3.63) is 53.3 Å². The number of aryl methyl sites for hydroxylation is 1. The maximum absolute atomic E-state index is 12.6. The van der Waals surface area contributed by atoms with Crippen molar-refractivity contribution in [1.82, 2.24) is 15.6 Å². The molecule has 0 radical (unpaired) electrons. The standard InChI is InChI=1S/C22H31N3O3/c1-14(2)20(21-15(3)8-7-11-23-21)25-16(4)22(26)24-13-17-9-10-18(27-5)19(12-17)28-6/h7-12,14,16,20,25H,13H2,1-6H3,(H,24,26). The molecule has 0 saturated heterocycles. The van der Waals surface area contributed by atoms with Crippen molar-refractivity contribution in [2.45, 2.75) is 46.3 Å². The summed E-state index contributed by atoms with van der Waals surface area (Å²) < 4.78 is 10.6. The number of ether oxygens (including phenoxy) is 2. The van der Waals surface area contributed by atoms with Crippen LogP contribution in [0.2, 0.25) is 0 Å². The summed E-state index contributed by atoms with van der Waals surface area (Å²) in [6.45, 7) is 8.58. The second-order valence-electron chi connectivity index (χ2n) is 7.22. The minimum atomic E-state index is -0.353. The van der Waals surface area contributed by atoms with Crippen molar-refractivity contribution in [3.63, 3.8) is 0 Å². The highest BCUT2D eigenvalue weighted by Gasteiger charge is 2.23. The van der Waals surface area contributed by atoms with E-state index in [2.05, 4.69) is 29.5 Å². The molecule has 1 heterocycles. The van der Waals surface area contributed by atoms with Gasteiger partial charge in [-0.15, -0.1) is 0 Å². The van der Waals surface area contributed by atoms with Gasteiger partial charge >= 0.3 is 0 Å². The van der Waals surface area contributed by atoms with Gasteiger partial charge in [-0.2, -0.15) is 0 Å². The van der Waals surface area contributed by atoms with Crippen LogP contribution in [0, 0.1) is 12.8 Å². The summed E-state index contributed by atoms with van der Waals surface area (Å²) in [6, 6.07) is 9.23. The molecule has 0 spiro atoms. The first-order chi connectivity index (χ1) is 13.4. The fourth-order valence-corrected chi connectivity index (χ4v) is 3.09. The molecule has 0 aliphatic rings. The summed E-state index contributed by atoms with van der Waals surface area (Å²) in [6.07, 6.45) is 1.79. The zero-order valence-electron chi connectivity index (χ0n) is 17.6. The Labute approximate surface area is 167 Å². The summed E-state index contributed by atoms with van der Waals surface area (Å²) in [7, 11) is 3.19. The quantitative estimate of drug-likeness (QED) is 0.692. The highest BCUT2D eigenvalue weighted by molar-refractivity contribution is 5.81. The number of methoxy groups -OCH3 is 2. The molecule has 2 atom stereocenters. The molecular formula is C22H31N3O3. The van der Waals surface area contributed by atoms with Gasteiger partial charge in [0.1, 0.15) is 0 Å². The molecule has 0 saturated carbocycles. The molecule has 28 heavy (non-hydrogen) atoms. The molecule has 6 heteroatoms. The van der Waals surface area contributed by atoms with Crippen molar-refractivity contribution in [3.8, 4) is 11.5 Å². The van der Waals surface area contributed by atoms with Gasteiger partial charge in [-0.05, 0) is 49.1 Å². The van der Waals surface area contributed by atoms with E-state index in [-0.39, 0.29) is 18.0 Å². The van der Waals surface area contributed by atoms with Crippen molar-refractivity contribution < 1.29 is 14.3 Å². The monoisotopic (exact) mass is 385 g/mol.